The van der Waals surface area contributed by atoms with Crippen LogP contribution in [-0.4, -0.2) is 65.2 Å². The number of fused-ring (bicyclic) bond motifs is 1. The number of amides is 3. The molecule has 1 saturated heterocycles. The predicted molar refractivity (Wildman–Crippen MR) is 128 cm³/mol. The van der Waals surface area contributed by atoms with Gasteiger partial charge in [-0.2, -0.15) is 0 Å². The van der Waals surface area contributed by atoms with Gasteiger partial charge in [0.1, 0.15) is 12.2 Å². The number of nitrogens with zero attached hydrogens (tertiary/aromatic N) is 4. The van der Waals surface area contributed by atoms with E-state index in [0.717, 1.165) is 50.5 Å². The van der Waals surface area contributed by atoms with E-state index < -0.39 is 8.07 Å². The molecule has 9 nitrogen and oxygen atoms in total. The van der Waals surface area contributed by atoms with E-state index in [4.69, 9.17) is 4.74 Å². The average molecular weight is 461 g/mol. The van der Waals surface area contributed by atoms with Gasteiger partial charge in [0.05, 0.1) is 6.20 Å². The summed E-state index contributed by atoms with van der Waals surface area (Å²) < 4.78 is 7.72. The lowest BCUT2D eigenvalue weighted by atomic mass is 9.99. The summed E-state index contributed by atoms with van der Waals surface area (Å²) in [7, 11) is -1.11. The lowest BCUT2D eigenvalue weighted by molar-refractivity contribution is -0.132. The fourth-order valence-electron chi connectivity index (χ4n) is 3.90. The molecule has 0 radical (unpaired) electrons. The van der Waals surface area contributed by atoms with Crippen LogP contribution in [0.1, 0.15) is 32.6 Å². The quantitative estimate of drug-likeness (QED) is 0.439. The minimum absolute atomic E-state index is 0.108. The number of aromatic nitrogens is 3. The van der Waals surface area contributed by atoms with Crippen molar-refractivity contribution in [2.75, 3.05) is 25.0 Å². The number of likely N-dealkylation sites (tertiary alicyclic amines) is 1. The zero-order chi connectivity index (χ0) is 23.1. The number of anilines is 1. The van der Waals surface area contributed by atoms with E-state index in [2.05, 4.69) is 40.2 Å². The van der Waals surface area contributed by atoms with Crippen LogP contribution in [0.25, 0.3) is 11.2 Å². The van der Waals surface area contributed by atoms with Crippen LogP contribution in [-0.2, 0) is 16.3 Å². The zero-order valence-corrected chi connectivity index (χ0v) is 20.7. The number of hydrogen-bond acceptors (Lipinski definition) is 5. The lowest BCUT2D eigenvalue weighted by Gasteiger charge is -2.35. The maximum absolute atomic E-state index is 12.3. The largest absolute Gasteiger partial charge is 0.361 e. The van der Waals surface area contributed by atoms with Gasteiger partial charge in [-0.3, -0.25) is 10.1 Å². The summed E-state index contributed by atoms with van der Waals surface area (Å²) in [5, 5.41) is 5.60. The van der Waals surface area contributed by atoms with Crippen LogP contribution in [0.4, 0.5) is 10.6 Å². The highest BCUT2D eigenvalue weighted by Crippen LogP contribution is 2.19. The van der Waals surface area contributed by atoms with Crippen LogP contribution in [0.5, 0.6) is 0 Å². The molecule has 2 aromatic rings. The van der Waals surface area contributed by atoms with Crippen LogP contribution >= 0.6 is 0 Å². The van der Waals surface area contributed by atoms with Crippen molar-refractivity contribution in [2.24, 2.45) is 0 Å². The standard InChI is InChI=1S/C22H36N6O3Si/c1-17(29)28-11-6-5-7-18(28)8-10-23-22(30)26-20-15-24-21-19(25-20)9-12-27(21)16-31-13-14-32(2,3)4/h9,12,15,18H,5-8,10-11,13-14,16H2,1-4H3,(H2,23,25,26,30). The number of nitrogens with one attached hydrogen (secondary N) is 2. The molecule has 1 atom stereocenters. The molecule has 176 valence electrons. The second kappa shape index (κ2) is 10.9. The van der Waals surface area contributed by atoms with Gasteiger partial charge in [-0.05, 0) is 37.8 Å². The molecule has 1 aliphatic heterocycles. The number of carbonyl (C=O) groups excluding carboxylic acids is 2. The van der Waals surface area contributed by atoms with Crippen molar-refractivity contribution in [3.8, 4) is 0 Å². The zero-order valence-electron chi connectivity index (χ0n) is 19.7. The van der Waals surface area contributed by atoms with Crippen LogP contribution in [0.2, 0.25) is 25.7 Å². The molecule has 1 fully saturated rings. The van der Waals surface area contributed by atoms with E-state index in [1.54, 1.807) is 13.1 Å². The first-order valence-electron chi connectivity index (χ1n) is 11.4. The van der Waals surface area contributed by atoms with E-state index in [9.17, 15) is 9.59 Å². The van der Waals surface area contributed by atoms with Crippen molar-refractivity contribution in [1.29, 1.82) is 0 Å². The third kappa shape index (κ3) is 7.03. The Morgan fingerprint density at radius 2 is 2.09 bits per heavy atom. The minimum Gasteiger partial charge on any atom is -0.361 e. The van der Waals surface area contributed by atoms with Gasteiger partial charge in [0.2, 0.25) is 5.91 Å². The van der Waals surface area contributed by atoms with Crippen molar-refractivity contribution in [2.45, 2.75) is 71.1 Å². The van der Waals surface area contributed by atoms with Crippen LogP contribution in [0.3, 0.4) is 0 Å². The summed E-state index contributed by atoms with van der Waals surface area (Å²) in [6.07, 6.45) is 7.37. The molecule has 2 aromatic heterocycles. The molecule has 3 amide bonds. The van der Waals surface area contributed by atoms with E-state index in [-0.39, 0.29) is 18.0 Å². The molecule has 0 saturated carbocycles. The van der Waals surface area contributed by atoms with Gasteiger partial charge in [-0.25, -0.2) is 14.8 Å². The number of rotatable bonds is 9. The highest BCUT2D eigenvalue weighted by molar-refractivity contribution is 6.76. The Labute approximate surface area is 190 Å². The SMILES string of the molecule is CC(=O)N1CCCCC1CCNC(=O)Nc1cnc2c(ccn2COCC[Si](C)(C)C)n1. The maximum Gasteiger partial charge on any atom is 0.320 e. The average Bonchev–Trinajstić information content (AvgIpc) is 3.13. The molecule has 3 rings (SSSR count). The number of urea groups is 1. The first kappa shape index (κ1) is 24.2. The van der Waals surface area contributed by atoms with Gasteiger partial charge in [0.15, 0.2) is 11.5 Å². The number of hydrogen-bond donors (Lipinski definition) is 2. The van der Waals surface area contributed by atoms with Gasteiger partial charge in [-0.1, -0.05) is 19.6 Å². The van der Waals surface area contributed by atoms with Crippen molar-refractivity contribution >= 4 is 37.0 Å². The maximum atomic E-state index is 12.3. The third-order valence-corrected chi connectivity index (χ3v) is 7.43. The van der Waals surface area contributed by atoms with Gasteiger partial charge >= 0.3 is 6.03 Å². The minimum atomic E-state index is -1.11. The second-order valence-corrected chi connectivity index (χ2v) is 15.3. The summed E-state index contributed by atoms with van der Waals surface area (Å²) in [4.78, 5) is 34.9. The fourth-order valence-corrected chi connectivity index (χ4v) is 4.65. The Kier molecular flexibility index (Phi) is 8.24. The molecule has 0 spiro atoms. The highest BCUT2D eigenvalue weighted by Gasteiger charge is 2.24. The second-order valence-electron chi connectivity index (χ2n) is 9.63. The molecule has 3 heterocycles. The van der Waals surface area contributed by atoms with Crippen molar-refractivity contribution in [3.05, 3.63) is 18.5 Å². The smallest absolute Gasteiger partial charge is 0.320 e. The first-order chi connectivity index (χ1) is 15.2. The monoisotopic (exact) mass is 460 g/mol. The molecule has 10 heteroatoms. The Bertz CT molecular complexity index is 926. The van der Waals surface area contributed by atoms with Gasteiger partial charge < -0.3 is 19.5 Å². The highest BCUT2D eigenvalue weighted by atomic mass is 28.3. The Hall–Kier alpha value is -2.46. The molecule has 1 unspecified atom stereocenters. The Balaban J connectivity index is 1.46. The summed E-state index contributed by atoms with van der Waals surface area (Å²) in [6.45, 7) is 11.1. The van der Waals surface area contributed by atoms with Crippen molar-refractivity contribution in [3.63, 3.8) is 0 Å². The normalized spacial score (nSPS) is 16.9. The summed E-state index contributed by atoms with van der Waals surface area (Å²) in [5.41, 5.74) is 1.43. The number of ether oxygens (including phenoxy) is 1. The molecule has 0 aliphatic carbocycles. The van der Waals surface area contributed by atoms with Crippen molar-refractivity contribution in [1.82, 2.24) is 24.8 Å². The predicted octanol–water partition coefficient (Wildman–Crippen LogP) is 3.66. The van der Waals surface area contributed by atoms with Gasteiger partial charge in [0.25, 0.3) is 0 Å². The molecule has 0 bridgehead atoms. The third-order valence-electron chi connectivity index (χ3n) is 5.73. The summed E-state index contributed by atoms with van der Waals surface area (Å²) >= 11 is 0. The number of piperidine rings is 1. The van der Waals surface area contributed by atoms with E-state index >= 15 is 0 Å². The lowest BCUT2D eigenvalue weighted by Crippen LogP contribution is -2.44. The molecule has 1 aliphatic rings. The topological polar surface area (TPSA) is 101 Å². The Morgan fingerprint density at radius 1 is 1.28 bits per heavy atom. The van der Waals surface area contributed by atoms with Crippen LogP contribution in [0, 0.1) is 0 Å². The van der Waals surface area contributed by atoms with E-state index in [1.165, 1.54) is 0 Å². The summed E-state index contributed by atoms with van der Waals surface area (Å²) in [6, 6.07) is 2.87. The van der Waals surface area contributed by atoms with Crippen LogP contribution in [0.15, 0.2) is 18.5 Å². The summed E-state index contributed by atoms with van der Waals surface area (Å²) in [5.74, 6) is 0.506. The van der Waals surface area contributed by atoms with Gasteiger partial charge in [0, 0.05) is 46.9 Å². The van der Waals surface area contributed by atoms with E-state index in [1.807, 2.05) is 21.7 Å². The van der Waals surface area contributed by atoms with Crippen molar-refractivity contribution < 1.29 is 14.3 Å². The molecule has 2 N–H and O–H groups in total. The molecule has 0 aromatic carbocycles. The number of carbonyl (C=O) groups is 2. The molecular formula is C22H36N6O3Si. The fraction of sp³-hybridized carbons (Fsp3) is 0.636. The molecular weight excluding hydrogens is 424 g/mol. The molecule has 32 heavy (non-hydrogen) atoms. The Morgan fingerprint density at radius 3 is 2.84 bits per heavy atom. The van der Waals surface area contributed by atoms with Gasteiger partial charge in [-0.15, -0.1) is 0 Å². The van der Waals surface area contributed by atoms with Crippen LogP contribution < -0.4 is 10.6 Å². The van der Waals surface area contributed by atoms with E-state index in [0.29, 0.717) is 24.6 Å². The first-order valence-corrected chi connectivity index (χ1v) is 15.2.